The van der Waals surface area contributed by atoms with E-state index in [1.165, 1.54) is 13.1 Å². The normalized spacial score (nSPS) is 16.7. The second-order valence-corrected chi connectivity index (χ2v) is 60.7. The van der Waals surface area contributed by atoms with E-state index in [4.69, 9.17) is 0 Å². The van der Waals surface area contributed by atoms with E-state index in [0.717, 1.165) is 13.1 Å². The van der Waals surface area contributed by atoms with Gasteiger partial charge in [-0.1, -0.05) is 45.8 Å². The van der Waals surface area contributed by atoms with Crippen LogP contribution in [0, 0.1) is 0 Å². The Balaban J connectivity index is 7.54. The Morgan fingerprint density at radius 3 is 0.923 bits per heavy atom. The maximum Gasteiger partial charge on any atom is 0.491 e. The Bertz CT molecular complexity index is 719. The van der Waals surface area contributed by atoms with Crippen molar-refractivity contribution in [3.8, 4) is 0 Å². The summed E-state index contributed by atoms with van der Waals surface area (Å²) in [5.74, 6) is -6.02. The van der Waals surface area contributed by atoms with E-state index in [9.17, 15) is 43.2 Å². The fourth-order valence-corrected chi connectivity index (χ4v) is 113. The largest absolute Gasteiger partial charge is 0.491 e. The molecule has 0 unspecified atom stereocenters. The molecule has 0 radical (unpaired) electrons. The molecule has 0 N–H and O–H groups in total. The van der Waals surface area contributed by atoms with Crippen LogP contribution < -0.4 is 0 Å². The average Bonchev–Trinajstić information content (AvgIpc) is 2.32. The van der Waals surface area contributed by atoms with Gasteiger partial charge in [0.15, 0.2) is 0 Å². The topological polar surface area (TPSA) is 68.3 Å². The summed E-state index contributed by atoms with van der Waals surface area (Å²) in [6, 6.07) is 0. The molecule has 16 heteroatoms. The molecule has 0 fully saturated rings. The van der Waals surface area contributed by atoms with Crippen molar-refractivity contribution in [1.82, 2.24) is 0 Å². The molecular weight excluding hydrogens is 475 g/mol. The van der Waals surface area contributed by atoms with Crippen molar-refractivity contribution >= 4 is 46.3 Å². The lowest BCUT2D eigenvalue weighted by Gasteiger charge is -2.52. The second kappa shape index (κ2) is 6.43. The molecule has 0 atom stereocenters. The van der Waals surface area contributed by atoms with Crippen LogP contribution in [0.4, 0.5) is 26.3 Å². The zero-order valence-electron chi connectivity index (χ0n) is 15.7. The van der Waals surface area contributed by atoms with E-state index >= 15 is 0 Å². The van der Waals surface area contributed by atoms with E-state index in [2.05, 4.69) is 0 Å². The van der Waals surface area contributed by atoms with Gasteiger partial charge in [-0.2, -0.15) is 26.3 Å². The van der Waals surface area contributed by atoms with E-state index < -0.39 is 57.3 Å². The molecule has 0 aromatic rings. The molecular formula is C10H24F6O4S2Si4. The fourth-order valence-electron chi connectivity index (χ4n) is 2.76. The van der Waals surface area contributed by atoms with Crippen LogP contribution in [0.15, 0.2) is 0 Å². The first-order valence-electron chi connectivity index (χ1n) is 7.37. The van der Waals surface area contributed by atoms with Gasteiger partial charge in [0.05, 0.1) is 7.11 Å². The molecule has 0 amide bonds. The molecule has 0 saturated heterocycles. The molecule has 0 spiro atoms. The molecule has 4 nitrogen and oxygen atoms in total. The quantitative estimate of drug-likeness (QED) is 0.426. The first-order chi connectivity index (χ1) is 10.8. The first-order valence-corrected chi connectivity index (χ1v) is 26.8. The summed E-state index contributed by atoms with van der Waals surface area (Å²) in [6.07, 6.45) is 0. The third-order valence-corrected chi connectivity index (χ3v) is 99.6. The van der Waals surface area contributed by atoms with Gasteiger partial charge < -0.3 is 0 Å². The van der Waals surface area contributed by atoms with Crippen molar-refractivity contribution in [2.24, 2.45) is 0 Å². The van der Waals surface area contributed by atoms with Crippen molar-refractivity contribution in [3.05, 3.63) is 0 Å². The molecule has 0 bridgehead atoms. The molecule has 26 heavy (non-hydrogen) atoms. The summed E-state index contributed by atoms with van der Waals surface area (Å²) in [7, 11) is -22.6. The minimum Gasteiger partial charge on any atom is -0.226 e. The molecule has 0 aliphatic carbocycles. The van der Waals surface area contributed by atoms with Crippen molar-refractivity contribution in [2.45, 2.75) is 63.4 Å². The molecule has 0 aliphatic heterocycles. The highest BCUT2D eigenvalue weighted by atomic mass is 32.6. The van der Waals surface area contributed by atoms with Crippen LogP contribution in [0.2, 0.25) is 52.4 Å². The minimum atomic E-state index is -6.53. The zero-order valence-corrected chi connectivity index (χ0v) is 21.4. The van der Waals surface area contributed by atoms with Crippen LogP contribution in [0.1, 0.15) is 0 Å². The Kier molecular flexibility index (Phi) is 6.51. The Morgan fingerprint density at radius 2 is 0.769 bits per heavy atom. The number of hydrogen-bond donors (Lipinski definition) is 0. The van der Waals surface area contributed by atoms with Crippen molar-refractivity contribution in [1.29, 1.82) is 0 Å². The maximum absolute atomic E-state index is 13.3. The van der Waals surface area contributed by atoms with Crippen LogP contribution in [0.3, 0.4) is 0 Å². The lowest BCUT2D eigenvalue weighted by molar-refractivity contribution is -0.0424. The van der Waals surface area contributed by atoms with Gasteiger partial charge in [0, 0.05) is 14.7 Å². The molecule has 158 valence electrons. The predicted molar refractivity (Wildman–Crippen MR) is 99.9 cm³/mol. The third kappa shape index (κ3) is 3.31. The standard InChI is InChI=1S/C10H24F6O4S2Si4/c1-23(2,3)24(4,5)25(6,7)26(8,21(17,18)9(11,12)13)22(19,20)10(14,15)16/h1-8H3. The van der Waals surface area contributed by atoms with Gasteiger partial charge >= 0.3 is 16.9 Å². The third-order valence-electron chi connectivity index (χ3n) is 6.21. The highest BCUT2D eigenvalue weighted by molar-refractivity contribution is 8.60. The van der Waals surface area contributed by atoms with Crippen LogP contribution in [0.5, 0.6) is 0 Å². The monoisotopic (exact) mass is 498 g/mol. The lowest BCUT2D eigenvalue weighted by atomic mass is 11.6. The van der Waals surface area contributed by atoms with Gasteiger partial charge in [0.1, 0.15) is 0 Å². The Morgan fingerprint density at radius 1 is 0.538 bits per heavy atom. The van der Waals surface area contributed by atoms with Crippen LogP contribution >= 0.6 is 0 Å². The number of alkyl halides is 6. The summed E-state index contributed by atoms with van der Waals surface area (Å²) in [4.78, 5) is 0. The highest BCUT2D eigenvalue weighted by Gasteiger charge is 2.81. The molecule has 0 aliphatic rings. The van der Waals surface area contributed by atoms with E-state index in [1.54, 1.807) is 19.6 Å². The molecule has 0 aromatic heterocycles. The summed E-state index contributed by atoms with van der Waals surface area (Å²) in [5, 5.41) is 0. The van der Waals surface area contributed by atoms with Gasteiger partial charge in [0.25, 0.3) is 0 Å². The van der Waals surface area contributed by atoms with Crippen molar-refractivity contribution in [2.75, 3.05) is 0 Å². The van der Waals surface area contributed by atoms with E-state index in [0.29, 0.717) is 0 Å². The second-order valence-electron chi connectivity index (χ2n) is 8.34. The van der Waals surface area contributed by atoms with Crippen molar-refractivity contribution in [3.63, 3.8) is 0 Å². The number of rotatable bonds is 5. The average molecular weight is 499 g/mol. The zero-order chi connectivity index (χ0) is 22.0. The minimum absolute atomic E-state index is 0.250. The van der Waals surface area contributed by atoms with E-state index in [1.807, 2.05) is 0 Å². The fraction of sp³-hybridized carbons (Fsp3) is 1.00. The maximum atomic E-state index is 13.3. The lowest BCUT2D eigenvalue weighted by Crippen LogP contribution is -2.85. The van der Waals surface area contributed by atoms with Crippen molar-refractivity contribution < 1.29 is 43.2 Å². The van der Waals surface area contributed by atoms with Crippen LogP contribution in [-0.4, -0.2) is 55.6 Å². The smallest absolute Gasteiger partial charge is 0.226 e. The van der Waals surface area contributed by atoms with Gasteiger partial charge in [-0.05, 0) is 6.55 Å². The van der Waals surface area contributed by atoms with Crippen LogP contribution in [0.25, 0.3) is 0 Å². The first kappa shape index (κ1) is 26.3. The Labute approximate surface area is 152 Å². The summed E-state index contributed by atoms with van der Waals surface area (Å²) < 4.78 is 129. The molecule has 0 rings (SSSR count). The highest BCUT2D eigenvalue weighted by Crippen LogP contribution is 2.48. The number of hydrogen-bond acceptors (Lipinski definition) is 4. The Hall–Kier alpha value is 0.348. The summed E-state index contributed by atoms with van der Waals surface area (Å²) in [6.45, 7) is 10.7. The van der Waals surface area contributed by atoms with Crippen LogP contribution in [-0.2, 0) is 18.6 Å². The van der Waals surface area contributed by atoms with E-state index in [-0.39, 0.29) is 6.55 Å². The molecule has 0 saturated carbocycles. The predicted octanol–water partition coefficient (Wildman–Crippen LogP) is 3.92. The molecule has 0 aromatic carbocycles. The van der Waals surface area contributed by atoms with Gasteiger partial charge in [-0.25, -0.2) is 16.8 Å². The summed E-state index contributed by atoms with van der Waals surface area (Å²) >= 11 is 0. The van der Waals surface area contributed by atoms with Gasteiger partial charge in [0.2, 0.25) is 18.6 Å². The van der Waals surface area contributed by atoms with Gasteiger partial charge in [-0.15, -0.1) is 0 Å². The van der Waals surface area contributed by atoms with Gasteiger partial charge in [-0.3, -0.25) is 0 Å². The summed E-state index contributed by atoms with van der Waals surface area (Å²) in [5.41, 5.74) is -12.1. The number of halogens is 6. The SMILES string of the molecule is C[Si](C)(C)[Si](C)(C)[Si](C)(C)[Si](C)(S(=O)(=O)C(F)(F)F)S(=O)(=O)C(F)(F)F. The molecule has 0 heterocycles.